The second kappa shape index (κ2) is 11.5. The maximum Gasteiger partial charge on any atom is 0.251 e. The van der Waals surface area contributed by atoms with Crippen LogP contribution >= 0.6 is 45.2 Å². The van der Waals surface area contributed by atoms with E-state index in [1.807, 2.05) is 48.5 Å². The lowest BCUT2D eigenvalue weighted by atomic mass is 10.0. The van der Waals surface area contributed by atoms with Crippen LogP contribution in [0.15, 0.2) is 48.5 Å². The maximum absolute atomic E-state index is 12.0. The number of hydrogen-bond donors (Lipinski definition) is 2. The SMILES string of the molecule is O=C(NCCCI)c1ccc(-c2ccc(C(=O)NCCCI)cc2)cc1. The number of rotatable bonds is 9. The first kappa shape index (κ1) is 21.1. The minimum absolute atomic E-state index is 0.0417. The Morgan fingerprint density at radius 3 is 1.31 bits per heavy atom. The zero-order valence-electron chi connectivity index (χ0n) is 14.4. The minimum atomic E-state index is -0.0417. The summed E-state index contributed by atoms with van der Waals surface area (Å²) in [6, 6.07) is 15.1. The van der Waals surface area contributed by atoms with E-state index in [0.717, 1.165) is 32.8 Å². The monoisotopic (exact) mass is 576 g/mol. The van der Waals surface area contributed by atoms with E-state index >= 15 is 0 Å². The van der Waals surface area contributed by atoms with Gasteiger partial charge in [-0.1, -0.05) is 69.4 Å². The Balaban J connectivity index is 1.98. The molecule has 0 spiro atoms. The van der Waals surface area contributed by atoms with Crippen molar-refractivity contribution in [2.24, 2.45) is 0 Å². The topological polar surface area (TPSA) is 58.2 Å². The van der Waals surface area contributed by atoms with E-state index in [2.05, 4.69) is 55.8 Å². The number of nitrogens with one attached hydrogen (secondary N) is 2. The summed E-state index contributed by atoms with van der Waals surface area (Å²) in [6.07, 6.45) is 1.95. The summed E-state index contributed by atoms with van der Waals surface area (Å²) in [5.41, 5.74) is 3.36. The van der Waals surface area contributed by atoms with E-state index in [9.17, 15) is 9.59 Å². The van der Waals surface area contributed by atoms with Crippen LogP contribution in [0, 0.1) is 0 Å². The van der Waals surface area contributed by atoms with Gasteiger partial charge in [-0.3, -0.25) is 9.59 Å². The van der Waals surface area contributed by atoms with Gasteiger partial charge in [0.05, 0.1) is 0 Å². The standard InChI is InChI=1S/C20H22I2N2O2/c21-11-1-13-23-19(25)17-7-3-15(4-8-17)16-5-9-18(10-6-16)20(26)24-14-2-12-22/h3-10H,1-2,11-14H2,(H,23,25)(H,24,26). The highest BCUT2D eigenvalue weighted by molar-refractivity contribution is 14.1. The van der Waals surface area contributed by atoms with Crippen molar-refractivity contribution < 1.29 is 9.59 Å². The fraction of sp³-hybridized carbons (Fsp3) is 0.300. The van der Waals surface area contributed by atoms with E-state index in [1.165, 1.54) is 0 Å². The van der Waals surface area contributed by atoms with Crippen molar-refractivity contribution in [3.63, 3.8) is 0 Å². The molecule has 26 heavy (non-hydrogen) atoms. The van der Waals surface area contributed by atoms with Crippen molar-refractivity contribution in [2.45, 2.75) is 12.8 Å². The lowest BCUT2D eigenvalue weighted by Gasteiger charge is -2.07. The molecule has 0 bridgehead atoms. The predicted molar refractivity (Wildman–Crippen MR) is 124 cm³/mol. The Bertz CT molecular complexity index is 652. The number of alkyl halides is 2. The van der Waals surface area contributed by atoms with Crippen molar-refractivity contribution in [2.75, 3.05) is 21.9 Å². The third-order valence-electron chi connectivity index (χ3n) is 3.82. The molecule has 0 aliphatic heterocycles. The fourth-order valence-electron chi connectivity index (χ4n) is 2.37. The van der Waals surface area contributed by atoms with Crippen molar-refractivity contribution in [1.82, 2.24) is 10.6 Å². The molecule has 0 unspecified atom stereocenters. The first-order valence-electron chi connectivity index (χ1n) is 8.54. The number of carbonyl (C=O) groups excluding carboxylic acids is 2. The third-order valence-corrected chi connectivity index (χ3v) is 5.35. The molecule has 2 amide bonds. The second-order valence-corrected chi connectivity index (χ2v) is 7.91. The van der Waals surface area contributed by atoms with Gasteiger partial charge in [0.2, 0.25) is 0 Å². The molecule has 0 saturated carbocycles. The quantitative estimate of drug-likeness (QED) is 0.263. The molecular weight excluding hydrogens is 554 g/mol. The largest absolute Gasteiger partial charge is 0.352 e. The molecule has 0 saturated heterocycles. The summed E-state index contributed by atoms with van der Waals surface area (Å²) in [5, 5.41) is 5.82. The van der Waals surface area contributed by atoms with E-state index in [-0.39, 0.29) is 11.8 Å². The molecule has 2 rings (SSSR count). The van der Waals surface area contributed by atoms with Crippen LogP contribution in [0.2, 0.25) is 0 Å². The molecule has 0 heterocycles. The Kier molecular flexibility index (Phi) is 9.38. The molecule has 0 aromatic heterocycles. The Hall–Kier alpha value is -1.16. The van der Waals surface area contributed by atoms with Gasteiger partial charge in [-0.05, 0) is 48.2 Å². The number of benzene rings is 2. The van der Waals surface area contributed by atoms with Gasteiger partial charge >= 0.3 is 0 Å². The second-order valence-electron chi connectivity index (χ2n) is 5.75. The van der Waals surface area contributed by atoms with E-state index < -0.39 is 0 Å². The van der Waals surface area contributed by atoms with Gasteiger partial charge in [0.1, 0.15) is 0 Å². The van der Waals surface area contributed by atoms with Gasteiger partial charge < -0.3 is 10.6 Å². The highest BCUT2D eigenvalue weighted by atomic mass is 127. The predicted octanol–water partition coefficient (Wildman–Crippen LogP) is 4.46. The molecule has 2 N–H and O–H groups in total. The van der Waals surface area contributed by atoms with Gasteiger partial charge in [-0.2, -0.15) is 0 Å². The summed E-state index contributed by atoms with van der Waals surface area (Å²) < 4.78 is 2.06. The van der Waals surface area contributed by atoms with Gasteiger partial charge in [0.25, 0.3) is 11.8 Å². The smallest absolute Gasteiger partial charge is 0.251 e. The maximum atomic E-state index is 12.0. The van der Waals surface area contributed by atoms with Crippen molar-refractivity contribution >= 4 is 57.0 Å². The van der Waals surface area contributed by atoms with Crippen LogP contribution in [0.1, 0.15) is 33.6 Å². The molecule has 0 atom stereocenters. The summed E-state index contributed by atoms with van der Waals surface area (Å²) in [5.74, 6) is -0.0835. The molecule has 0 aliphatic carbocycles. The van der Waals surface area contributed by atoms with Crippen LogP contribution < -0.4 is 10.6 Å². The van der Waals surface area contributed by atoms with E-state index in [1.54, 1.807) is 0 Å². The Morgan fingerprint density at radius 2 is 1.00 bits per heavy atom. The van der Waals surface area contributed by atoms with Crippen LogP contribution in [-0.4, -0.2) is 33.8 Å². The number of carbonyl (C=O) groups is 2. The van der Waals surface area contributed by atoms with Crippen LogP contribution in [0.5, 0.6) is 0 Å². The van der Waals surface area contributed by atoms with Crippen LogP contribution in [0.3, 0.4) is 0 Å². The average Bonchev–Trinajstić information content (AvgIpc) is 2.68. The van der Waals surface area contributed by atoms with E-state index in [4.69, 9.17) is 0 Å². The van der Waals surface area contributed by atoms with Crippen LogP contribution in [0.25, 0.3) is 11.1 Å². The lowest BCUT2D eigenvalue weighted by molar-refractivity contribution is 0.0945. The summed E-state index contributed by atoms with van der Waals surface area (Å²) in [6.45, 7) is 1.40. The first-order valence-corrected chi connectivity index (χ1v) is 11.6. The van der Waals surface area contributed by atoms with Crippen LogP contribution in [-0.2, 0) is 0 Å². The van der Waals surface area contributed by atoms with Crippen LogP contribution in [0.4, 0.5) is 0 Å². The summed E-state index contributed by atoms with van der Waals surface area (Å²) in [4.78, 5) is 24.1. The highest BCUT2D eigenvalue weighted by Crippen LogP contribution is 2.20. The molecule has 0 aliphatic rings. The minimum Gasteiger partial charge on any atom is -0.352 e. The van der Waals surface area contributed by atoms with Crippen molar-refractivity contribution in [3.05, 3.63) is 59.7 Å². The van der Waals surface area contributed by atoms with Gasteiger partial charge in [-0.25, -0.2) is 0 Å². The Labute approximate surface area is 181 Å². The molecule has 0 fully saturated rings. The summed E-state index contributed by atoms with van der Waals surface area (Å²) >= 11 is 4.59. The first-order chi connectivity index (χ1) is 12.7. The molecule has 4 nitrogen and oxygen atoms in total. The third kappa shape index (κ3) is 6.53. The molecule has 0 radical (unpaired) electrons. The lowest BCUT2D eigenvalue weighted by Crippen LogP contribution is -2.24. The summed E-state index contributed by atoms with van der Waals surface area (Å²) in [7, 11) is 0. The Morgan fingerprint density at radius 1 is 0.654 bits per heavy atom. The zero-order valence-corrected chi connectivity index (χ0v) is 18.7. The number of hydrogen-bond acceptors (Lipinski definition) is 2. The average molecular weight is 576 g/mol. The van der Waals surface area contributed by atoms with Crippen molar-refractivity contribution in [3.8, 4) is 11.1 Å². The molecule has 2 aromatic rings. The number of halogens is 2. The van der Waals surface area contributed by atoms with Crippen molar-refractivity contribution in [1.29, 1.82) is 0 Å². The van der Waals surface area contributed by atoms with Gasteiger partial charge in [0, 0.05) is 33.1 Å². The van der Waals surface area contributed by atoms with Gasteiger partial charge in [0.15, 0.2) is 0 Å². The molecular formula is C20H22I2N2O2. The number of amides is 2. The fourth-order valence-corrected chi connectivity index (χ4v) is 3.13. The van der Waals surface area contributed by atoms with Gasteiger partial charge in [-0.15, -0.1) is 0 Å². The normalized spacial score (nSPS) is 10.4. The molecule has 6 heteroatoms. The highest BCUT2D eigenvalue weighted by Gasteiger charge is 2.07. The molecule has 138 valence electrons. The van der Waals surface area contributed by atoms with E-state index in [0.29, 0.717) is 24.2 Å². The zero-order chi connectivity index (χ0) is 18.8. The molecule has 2 aromatic carbocycles.